The second kappa shape index (κ2) is 5.90. The zero-order valence-electron chi connectivity index (χ0n) is 14.1. The van der Waals surface area contributed by atoms with Gasteiger partial charge in [-0.25, -0.2) is 17.7 Å². The molecule has 0 atom stereocenters. The molecular formula is C19H14N2O4S2. The van der Waals surface area contributed by atoms with Crippen LogP contribution in [0.2, 0.25) is 0 Å². The van der Waals surface area contributed by atoms with Crippen LogP contribution in [-0.2, 0) is 23.0 Å². The highest BCUT2D eigenvalue weighted by Gasteiger charge is 2.41. The van der Waals surface area contributed by atoms with E-state index >= 15 is 0 Å². The summed E-state index contributed by atoms with van der Waals surface area (Å²) in [6, 6.07) is 12.2. The van der Waals surface area contributed by atoms with Crippen molar-refractivity contribution in [1.29, 1.82) is 0 Å². The first kappa shape index (κ1) is 16.5. The molecule has 6 nitrogen and oxygen atoms in total. The SMILES string of the molecule is O=C1c2ccccc2S(=O)(=O)N1Cc1nc(-c2ccc3c(c2)CCO3)cs1. The van der Waals surface area contributed by atoms with E-state index in [4.69, 9.17) is 4.74 Å². The van der Waals surface area contributed by atoms with Gasteiger partial charge in [-0.1, -0.05) is 12.1 Å². The van der Waals surface area contributed by atoms with E-state index in [-0.39, 0.29) is 17.0 Å². The Morgan fingerprint density at radius 1 is 1.19 bits per heavy atom. The number of carbonyl (C=O) groups excluding carboxylic acids is 1. The molecule has 2 aromatic carbocycles. The van der Waals surface area contributed by atoms with E-state index in [9.17, 15) is 13.2 Å². The molecule has 8 heteroatoms. The average Bonchev–Trinajstić information content (AvgIpc) is 3.37. The summed E-state index contributed by atoms with van der Waals surface area (Å²) in [5, 5.41) is 2.46. The first-order valence-electron chi connectivity index (χ1n) is 8.40. The molecule has 3 heterocycles. The molecule has 27 heavy (non-hydrogen) atoms. The van der Waals surface area contributed by atoms with Crippen molar-refractivity contribution in [1.82, 2.24) is 9.29 Å². The van der Waals surface area contributed by atoms with Crippen molar-refractivity contribution in [2.45, 2.75) is 17.9 Å². The number of rotatable bonds is 3. The maximum atomic E-state index is 12.7. The molecule has 0 radical (unpaired) electrons. The van der Waals surface area contributed by atoms with Crippen LogP contribution in [0.3, 0.4) is 0 Å². The number of sulfonamides is 1. The summed E-state index contributed by atoms with van der Waals surface area (Å²) >= 11 is 1.35. The summed E-state index contributed by atoms with van der Waals surface area (Å²) in [6.45, 7) is 0.630. The number of benzene rings is 2. The number of nitrogens with zero attached hydrogens (tertiary/aromatic N) is 2. The molecule has 136 valence electrons. The van der Waals surface area contributed by atoms with Crippen LogP contribution in [0.1, 0.15) is 20.9 Å². The van der Waals surface area contributed by atoms with Crippen LogP contribution in [0.15, 0.2) is 52.7 Å². The third kappa shape index (κ3) is 2.55. The van der Waals surface area contributed by atoms with Crippen LogP contribution >= 0.6 is 11.3 Å². The van der Waals surface area contributed by atoms with Crippen molar-refractivity contribution < 1.29 is 17.9 Å². The lowest BCUT2D eigenvalue weighted by atomic mass is 10.1. The molecule has 0 saturated heterocycles. The van der Waals surface area contributed by atoms with Crippen molar-refractivity contribution in [2.24, 2.45) is 0 Å². The van der Waals surface area contributed by atoms with Gasteiger partial charge in [0, 0.05) is 17.4 Å². The molecule has 0 fully saturated rings. The van der Waals surface area contributed by atoms with Crippen LogP contribution in [0, 0.1) is 0 Å². The molecule has 0 unspecified atom stereocenters. The van der Waals surface area contributed by atoms with Crippen molar-refractivity contribution in [3.8, 4) is 17.0 Å². The highest BCUT2D eigenvalue weighted by molar-refractivity contribution is 7.90. The minimum atomic E-state index is -3.82. The molecule has 1 aromatic heterocycles. The summed E-state index contributed by atoms with van der Waals surface area (Å²) in [5.41, 5.74) is 3.09. The molecule has 0 bridgehead atoms. The lowest BCUT2D eigenvalue weighted by molar-refractivity contribution is 0.0865. The van der Waals surface area contributed by atoms with Crippen LogP contribution in [0.25, 0.3) is 11.3 Å². The van der Waals surface area contributed by atoms with Gasteiger partial charge in [-0.3, -0.25) is 4.79 Å². The quantitative estimate of drug-likeness (QED) is 0.678. The van der Waals surface area contributed by atoms with Gasteiger partial charge in [-0.15, -0.1) is 11.3 Å². The third-order valence-corrected chi connectivity index (χ3v) is 7.35. The Morgan fingerprint density at radius 2 is 2.04 bits per heavy atom. The normalized spacial score (nSPS) is 16.9. The number of hydrogen-bond acceptors (Lipinski definition) is 6. The van der Waals surface area contributed by atoms with Crippen molar-refractivity contribution in [3.63, 3.8) is 0 Å². The fourth-order valence-electron chi connectivity index (χ4n) is 3.37. The highest BCUT2D eigenvalue weighted by Crippen LogP contribution is 2.34. The average molecular weight is 398 g/mol. The van der Waals surface area contributed by atoms with E-state index in [1.165, 1.54) is 23.5 Å². The number of amides is 1. The van der Waals surface area contributed by atoms with E-state index in [1.807, 2.05) is 17.5 Å². The standard InChI is InChI=1S/C19H14N2O4S2/c22-19-14-3-1-2-4-17(14)27(23,24)21(19)10-18-20-15(11-26-18)12-5-6-16-13(9-12)7-8-25-16/h1-6,9,11H,7-8,10H2. The Kier molecular flexibility index (Phi) is 3.60. The summed E-state index contributed by atoms with van der Waals surface area (Å²) < 4.78 is 31.8. The molecule has 2 aliphatic rings. The molecule has 0 N–H and O–H groups in total. The predicted octanol–water partition coefficient (Wildman–Crippen LogP) is 3.09. The maximum Gasteiger partial charge on any atom is 0.269 e. The minimum Gasteiger partial charge on any atom is -0.493 e. The monoisotopic (exact) mass is 398 g/mol. The first-order chi connectivity index (χ1) is 13.0. The molecular weight excluding hydrogens is 384 g/mol. The fraction of sp³-hybridized carbons (Fsp3) is 0.158. The number of thiazole rings is 1. The van der Waals surface area contributed by atoms with Crippen LogP contribution in [-0.4, -0.2) is 30.2 Å². The fourth-order valence-corrected chi connectivity index (χ4v) is 5.78. The zero-order valence-corrected chi connectivity index (χ0v) is 15.7. The zero-order chi connectivity index (χ0) is 18.6. The first-order valence-corrected chi connectivity index (χ1v) is 10.7. The Morgan fingerprint density at radius 3 is 2.89 bits per heavy atom. The minimum absolute atomic E-state index is 0.0606. The van der Waals surface area contributed by atoms with Crippen molar-refractivity contribution >= 4 is 27.3 Å². The Labute approximate surface area is 160 Å². The largest absolute Gasteiger partial charge is 0.493 e. The Balaban J connectivity index is 1.44. The van der Waals surface area contributed by atoms with Gasteiger partial charge >= 0.3 is 0 Å². The number of aromatic nitrogens is 1. The van der Waals surface area contributed by atoms with Crippen LogP contribution < -0.4 is 4.74 Å². The Hall–Kier alpha value is -2.71. The number of ether oxygens (including phenoxy) is 1. The van der Waals surface area contributed by atoms with E-state index in [0.717, 1.165) is 33.3 Å². The second-order valence-electron chi connectivity index (χ2n) is 6.36. The molecule has 5 rings (SSSR count). The smallest absolute Gasteiger partial charge is 0.269 e. The lowest BCUT2D eigenvalue weighted by Crippen LogP contribution is -2.29. The molecule has 0 saturated carbocycles. The van der Waals surface area contributed by atoms with Gasteiger partial charge in [0.15, 0.2) is 0 Å². The third-order valence-electron chi connectivity index (χ3n) is 4.73. The predicted molar refractivity (Wildman–Crippen MR) is 100 cm³/mol. The highest BCUT2D eigenvalue weighted by atomic mass is 32.2. The summed E-state index contributed by atoms with van der Waals surface area (Å²) in [6.07, 6.45) is 0.874. The van der Waals surface area contributed by atoms with Crippen LogP contribution in [0.4, 0.5) is 0 Å². The molecule has 0 aliphatic carbocycles. The summed E-state index contributed by atoms with van der Waals surface area (Å²) in [7, 11) is -3.82. The number of hydrogen-bond donors (Lipinski definition) is 0. The molecule has 0 spiro atoms. The number of fused-ring (bicyclic) bond motifs is 2. The molecule has 1 amide bonds. The van der Waals surface area contributed by atoms with Crippen molar-refractivity contribution in [2.75, 3.05) is 6.61 Å². The maximum absolute atomic E-state index is 12.7. The van der Waals surface area contributed by atoms with Gasteiger partial charge in [-0.2, -0.15) is 0 Å². The van der Waals surface area contributed by atoms with E-state index in [2.05, 4.69) is 11.1 Å². The molecule has 3 aromatic rings. The Bertz CT molecular complexity index is 1180. The van der Waals surface area contributed by atoms with E-state index < -0.39 is 15.9 Å². The summed E-state index contributed by atoms with van der Waals surface area (Å²) in [5.74, 6) is 0.401. The van der Waals surface area contributed by atoms with Gasteiger partial charge in [0.25, 0.3) is 15.9 Å². The summed E-state index contributed by atoms with van der Waals surface area (Å²) in [4.78, 5) is 17.1. The topological polar surface area (TPSA) is 76.6 Å². The van der Waals surface area contributed by atoms with Gasteiger partial charge < -0.3 is 4.74 Å². The van der Waals surface area contributed by atoms with Gasteiger partial charge in [0.05, 0.1) is 24.4 Å². The number of carbonyl (C=O) groups is 1. The van der Waals surface area contributed by atoms with Gasteiger partial charge in [-0.05, 0) is 35.9 Å². The molecule has 2 aliphatic heterocycles. The van der Waals surface area contributed by atoms with Gasteiger partial charge in [0.1, 0.15) is 15.7 Å². The van der Waals surface area contributed by atoms with Crippen LogP contribution in [0.5, 0.6) is 5.75 Å². The second-order valence-corrected chi connectivity index (χ2v) is 9.13. The lowest BCUT2D eigenvalue weighted by Gasteiger charge is -2.12. The van der Waals surface area contributed by atoms with Gasteiger partial charge in [0.2, 0.25) is 0 Å². The van der Waals surface area contributed by atoms with Crippen molar-refractivity contribution in [3.05, 3.63) is 64.0 Å². The van der Waals surface area contributed by atoms with E-state index in [0.29, 0.717) is 11.6 Å². The van der Waals surface area contributed by atoms with E-state index in [1.54, 1.807) is 12.1 Å².